The zero-order valence-electron chi connectivity index (χ0n) is 7.03. The number of aromatic hydroxyl groups is 1. The van der Waals surface area contributed by atoms with E-state index < -0.39 is 0 Å². The zero-order valence-corrected chi connectivity index (χ0v) is 7.93. The highest BCUT2D eigenvalue weighted by atomic mass is 32.1. The lowest BCUT2D eigenvalue weighted by Gasteiger charge is -2.08. The van der Waals surface area contributed by atoms with Gasteiger partial charge in [-0.05, 0) is 13.8 Å². The van der Waals surface area contributed by atoms with E-state index in [-0.39, 0.29) is 17.6 Å². The molecule has 2 N–H and O–H groups in total. The van der Waals surface area contributed by atoms with E-state index in [4.69, 9.17) is 0 Å². The molecule has 0 aliphatic heterocycles. The second-order valence-electron chi connectivity index (χ2n) is 2.85. The number of aromatic nitrogens is 2. The molecule has 0 bridgehead atoms. The van der Waals surface area contributed by atoms with Crippen LogP contribution in [0.1, 0.15) is 25.6 Å². The van der Waals surface area contributed by atoms with E-state index in [9.17, 15) is 9.90 Å². The Morgan fingerprint density at radius 3 is 2.58 bits per heavy atom. The Kier molecular flexibility index (Phi) is 2.52. The number of aromatic amines is 1. The van der Waals surface area contributed by atoms with E-state index in [0.717, 1.165) is 0 Å². The second-order valence-corrected chi connectivity index (χ2v) is 3.16. The van der Waals surface area contributed by atoms with Crippen molar-refractivity contribution in [3.63, 3.8) is 0 Å². The normalized spacial score (nSPS) is 11.0. The van der Waals surface area contributed by atoms with Crippen molar-refractivity contribution in [2.24, 2.45) is 0 Å². The molecule has 5 heteroatoms. The first-order valence-corrected chi connectivity index (χ1v) is 4.34. The van der Waals surface area contributed by atoms with Crippen molar-refractivity contribution in [2.75, 3.05) is 0 Å². The van der Waals surface area contributed by atoms with Gasteiger partial charge in [-0.25, -0.2) is 4.79 Å². The lowest BCUT2D eigenvalue weighted by atomic mass is 10.3. The van der Waals surface area contributed by atoms with Gasteiger partial charge < -0.3 is 5.11 Å². The van der Waals surface area contributed by atoms with Crippen LogP contribution in [-0.4, -0.2) is 14.7 Å². The third-order valence-corrected chi connectivity index (χ3v) is 1.97. The van der Waals surface area contributed by atoms with Crippen molar-refractivity contribution in [3.05, 3.63) is 16.2 Å². The van der Waals surface area contributed by atoms with Crippen LogP contribution < -0.4 is 5.69 Å². The quantitative estimate of drug-likeness (QED) is 0.604. The molecule has 4 nitrogen and oxygen atoms in total. The molecule has 0 aliphatic carbocycles. The average molecular weight is 188 g/mol. The molecule has 68 valence electrons. The topological polar surface area (TPSA) is 58.0 Å². The van der Waals surface area contributed by atoms with Crippen LogP contribution in [0.25, 0.3) is 0 Å². The summed E-state index contributed by atoms with van der Waals surface area (Å²) in [5.41, 5.74) is 0.255. The Morgan fingerprint density at radius 1 is 1.67 bits per heavy atom. The Bertz CT molecular complexity index is 327. The molecule has 0 saturated carbocycles. The van der Waals surface area contributed by atoms with Crippen molar-refractivity contribution in [1.29, 1.82) is 0 Å². The standard InChI is InChI=1S/C7H12N2O2S/c1-4(2)9-5(3-12)6(10)8-7(9)11/h4,10,12H,3H2,1-2H3,(H,8,11). The van der Waals surface area contributed by atoms with Gasteiger partial charge in [0.2, 0.25) is 5.88 Å². The van der Waals surface area contributed by atoms with E-state index >= 15 is 0 Å². The first kappa shape index (κ1) is 9.25. The molecule has 0 amide bonds. The largest absolute Gasteiger partial charge is 0.493 e. The van der Waals surface area contributed by atoms with Crippen LogP contribution in [0.5, 0.6) is 5.88 Å². The Labute approximate surface area is 75.6 Å². The molecule has 1 aromatic heterocycles. The van der Waals surface area contributed by atoms with Gasteiger partial charge in [-0.2, -0.15) is 12.6 Å². The van der Waals surface area contributed by atoms with Crippen LogP contribution in [0.3, 0.4) is 0 Å². The summed E-state index contributed by atoms with van der Waals surface area (Å²) in [7, 11) is 0. The summed E-state index contributed by atoms with van der Waals surface area (Å²) < 4.78 is 1.49. The molecular weight excluding hydrogens is 176 g/mol. The minimum absolute atomic E-state index is 0.0387. The molecule has 12 heavy (non-hydrogen) atoms. The first-order valence-electron chi connectivity index (χ1n) is 3.71. The van der Waals surface area contributed by atoms with E-state index in [1.54, 1.807) is 0 Å². The number of H-pyrrole nitrogens is 1. The van der Waals surface area contributed by atoms with Gasteiger partial charge in [0.1, 0.15) is 0 Å². The third-order valence-electron chi connectivity index (χ3n) is 1.67. The van der Waals surface area contributed by atoms with E-state index in [0.29, 0.717) is 11.4 Å². The number of hydrogen-bond donors (Lipinski definition) is 3. The Balaban J connectivity index is 3.33. The van der Waals surface area contributed by atoms with E-state index in [1.807, 2.05) is 13.8 Å². The maximum atomic E-state index is 11.2. The number of rotatable bonds is 2. The van der Waals surface area contributed by atoms with Crippen molar-refractivity contribution < 1.29 is 5.11 Å². The van der Waals surface area contributed by atoms with Gasteiger partial charge in [-0.1, -0.05) is 0 Å². The van der Waals surface area contributed by atoms with Crippen LogP contribution in [0, 0.1) is 0 Å². The van der Waals surface area contributed by atoms with Crippen LogP contribution in [-0.2, 0) is 5.75 Å². The Morgan fingerprint density at radius 2 is 2.25 bits per heavy atom. The summed E-state index contributed by atoms with van der Waals surface area (Å²) >= 11 is 4.02. The molecule has 0 aromatic carbocycles. The lowest BCUT2D eigenvalue weighted by Crippen LogP contribution is -2.20. The molecule has 0 spiro atoms. The molecule has 0 fully saturated rings. The van der Waals surface area contributed by atoms with E-state index in [1.165, 1.54) is 4.57 Å². The zero-order chi connectivity index (χ0) is 9.30. The molecule has 0 saturated heterocycles. The van der Waals surface area contributed by atoms with Crippen molar-refractivity contribution >= 4 is 12.6 Å². The molecule has 1 rings (SSSR count). The molecule has 0 atom stereocenters. The smallest absolute Gasteiger partial charge is 0.328 e. The number of nitrogens with zero attached hydrogens (tertiary/aromatic N) is 1. The average Bonchev–Trinajstić information content (AvgIpc) is 2.24. The summed E-state index contributed by atoms with van der Waals surface area (Å²) in [5.74, 6) is 0.270. The molecule has 1 heterocycles. The maximum absolute atomic E-state index is 11.2. The monoisotopic (exact) mass is 188 g/mol. The van der Waals surface area contributed by atoms with Gasteiger partial charge in [-0.15, -0.1) is 0 Å². The van der Waals surface area contributed by atoms with E-state index in [2.05, 4.69) is 17.6 Å². The van der Waals surface area contributed by atoms with Gasteiger partial charge in [0.15, 0.2) is 0 Å². The number of thiol groups is 1. The van der Waals surface area contributed by atoms with Crippen molar-refractivity contribution in [3.8, 4) is 5.88 Å². The fraction of sp³-hybridized carbons (Fsp3) is 0.571. The molecule has 0 radical (unpaired) electrons. The molecular formula is C7H12N2O2S. The summed E-state index contributed by atoms with van der Waals surface area (Å²) in [6, 6.07) is 0.0387. The summed E-state index contributed by atoms with van der Waals surface area (Å²) in [5, 5.41) is 9.24. The highest BCUT2D eigenvalue weighted by Gasteiger charge is 2.13. The number of imidazole rings is 1. The summed E-state index contributed by atoms with van der Waals surface area (Å²) in [4.78, 5) is 13.5. The first-order chi connectivity index (χ1) is 5.57. The van der Waals surface area contributed by atoms with Crippen LogP contribution in [0.4, 0.5) is 0 Å². The third kappa shape index (κ3) is 1.36. The minimum atomic E-state index is -0.286. The van der Waals surface area contributed by atoms with Gasteiger partial charge >= 0.3 is 5.69 Å². The highest BCUT2D eigenvalue weighted by molar-refractivity contribution is 7.79. The lowest BCUT2D eigenvalue weighted by molar-refractivity contribution is 0.447. The molecule has 1 aromatic rings. The highest BCUT2D eigenvalue weighted by Crippen LogP contribution is 2.17. The van der Waals surface area contributed by atoms with Gasteiger partial charge in [0, 0.05) is 11.8 Å². The van der Waals surface area contributed by atoms with Crippen molar-refractivity contribution in [2.45, 2.75) is 25.6 Å². The SMILES string of the molecule is CC(C)n1c(CS)c(O)[nH]c1=O. The Hall–Kier alpha value is -0.840. The van der Waals surface area contributed by atoms with Crippen LogP contribution >= 0.6 is 12.6 Å². The summed E-state index contributed by atoms with van der Waals surface area (Å²) in [6.07, 6.45) is 0. The van der Waals surface area contributed by atoms with Crippen LogP contribution in [0.15, 0.2) is 4.79 Å². The minimum Gasteiger partial charge on any atom is -0.493 e. The predicted molar refractivity (Wildman–Crippen MR) is 49.8 cm³/mol. The maximum Gasteiger partial charge on any atom is 0.328 e. The van der Waals surface area contributed by atoms with Gasteiger partial charge in [0.25, 0.3) is 0 Å². The number of nitrogens with one attached hydrogen (secondary N) is 1. The summed E-state index contributed by atoms with van der Waals surface area (Å²) in [6.45, 7) is 3.75. The fourth-order valence-corrected chi connectivity index (χ4v) is 1.47. The van der Waals surface area contributed by atoms with Gasteiger partial charge in [0.05, 0.1) is 5.69 Å². The van der Waals surface area contributed by atoms with Crippen LogP contribution in [0.2, 0.25) is 0 Å². The van der Waals surface area contributed by atoms with Gasteiger partial charge in [-0.3, -0.25) is 9.55 Å². The number of hydrogen-bond acceptors (Lipinski definition) is 3. The van der Waals surface area contributed by atoms with Crippen molar-refractivity contribution in [1.82, 2.24) is 9.55 Å². The predicted octanol–water partition coefficient (Wildman–Crippen LogP) is 0.893. The fourth-order valence-electron chi connectivity index (χ4n) is 1.17. The second kappa shape index (κ2) is 3.26. The molecule has 0 unspecified atom stereocenters. The molecule has 0 aliphatic rings.